The van der Waals surface area contributed by atoms with Crippen molar-refractivity contribution in [2.24, 2.45) is 5.14 Å². The standard InChI is InChI=1S/C18H15F4NO4S/c1-26-14-7-11(8-15(27-2)17(14)18(20,21)22)13(24)6-4-10-3-5-12(19)9-16(10)28(23)25/h3-9H,23H2,1-2H3/b6-4+. The summed E-state index contributed by atoms with van der Waals surface area (Å²) in [7, 11) is 0.0735. The molecule has 0 spiro atoms. The number of carbonyl (C=O) groups excluding carboxylic acids is 1. The van der Waals surface area contributed by atoms with E-state index in [9.17, 15) is 26.6 Å². The summed E-state index contributed by atoms with van der Waals surface area (Å²) in [5, 5.41) is 5.28. The van der Waals surface area contributed by atoms with Crippen molar-refractivity contribution in [3.63, 3.8) is 0 Å². The first kappa shape index (κ1) is 21.6. The Hall–Kier alpha value is -2.72. The molecule has 5 nitrogen and oxygen atoms in total. The van der Waals surface area contributed by atoms with Crippen molar-refractivity contribution in [3.05, 3.63) is 58.9 Å². The van der Waals surface area contributed by atoms with Crippen LogP contribution in [-0.2, 0) is 17.2 Å². The van der Waals surface area contributed by atoms with Crippen LogP contribution in [0.5, 0.6) is 11.5 Å². The topological polar surface area (TPSA) is 78.6 Å². The Bertz CT molecular complexity index is 932. The van der Waals surface area contributed by atoms with Crippen LogP contribution in [0.4, 0.5) is 17.6 Å². The molecule has 1 atom stereocenters. The maximum absolute atomic E-state index is 13.3. The highest BCUT2D eigenvalue weighted by molar-refractivity contribution is 7.82. The van der Waals surface area contributed by atoms with Gasteiger partial charge in [0.25, 0.3) is 0 Å². The molecule has 0 saturated heterocycles. The number of ether oxygens (including phenoxy) is 2. The Morgan fingerprint density at radius 1 is 1.11 bits per heavy atom. The fraction of sp³-hybridized carbons (Fsp3) is 0.167. The lowest BCUT2D eigenvalue weighted by atomic mass is 10.0. The second kappa shape index (κ2) is 8.53. The van der Waals surface area contributed by atoms with Crippen molar-refractivity contribution in [3.8, 4) is 11.5 Å². The molecule has 1 unspecified atom stereocenters. The van der Waals surface area contributed by atoms with Crippen LogP contribution >= 0.6 is 0 Å². The molecular formula is C18H15F4NO4S. The van der Waals surface area contributed by atoms with Gasteiger partial charge in [-0.3, -0.25) is 4.79 Å². The SMILES string of the molecule is COc1cc(C(=O)/C=C/c2ccc(F)cc2S(N)=O)cc(OC)c1C(F)(F)F. The number of rotatable bonds is 6. The third kappa shape index (κ3) is 4.76. The number of alkyl halides is 3. The maximum atomic E-state index is 13.3. The number of nitrogens with two attached hydrogens (primary N) is 1. The van der Waals surface area contributed by atoms with Gasteiger partial charge in [0.15, 0.2) is 5.78 Å². The predicted molar refractivity (Wildman–Crippen MR) is 94.9 cm³/mol. The minimum atomic E-state index is -4.75. The third-order valence-corrected chi connectivity index (χ3v) is 4.47. The van der Waals surface area contributed by atoms with E-state index in [1.165, 1.54) is 12.1 Å². The summed E-state index contributed by atoms with van der Waals surface area (Å²) in [4.78, 5) is 12.4. The molecule has 28 heavy (non-hydrogen) atoms. The molecule has 2 aromatic carbocycles. The number of methoxy groups -OCH3 is 2. The summed E-state index contributed by atoms with van der Waals surface area (Å²) >= 11 is 0. The van der Waals surface area contributed by atoms with Gasteiger partial charge in [-0.05, 0) is 42.0 Å². The average Bonchev–Trinajstić information content (AvgIpc) is 2.64. The van der Waals surface area contributed by atoms with E-state index in [2.05, 4.69) is 0 Å². The Morgan fingerprint density at radius 3 is 2.14 bits per heavy atom. The molecule has 0 heterocycles. The lowest BCUT2D eigenvalue weighted by Crippen LogP contribution is -2.11. The Morgan fingerprint density at radius 2 is 1.68 bits per heavy atom. The van der Waals surface area contributed by atoms with Crippen LogP contribution in [0.3, 0.4) is 0 Å². The fourth-order valence-corrected chi connectivity index (χ4v) is 3.01. The normalized spacial score (nSPS) is 12.8. The number of halogens is 4. The highest BCUT2D eigenvalue weighted by Gasteiger charge is 2.38. The van der Waals surface area contributed by atoms with Crippen molar-refractivity contribution < 1.29 is 36.0 Å². The second-order valence-corrected chi connectivity index (χ2v) is 6.47. The summed E-state index contributed by atoms with van der Waals surface area (Å²) in [6.45, 7) is 0. The molecular weight excluding hydrogens is 402 g/mol. The van der Waals surface area contributed by atoms with Crippen LogP contribution < -0.4 is 14.6 Å². The maximum Gasteiger partial charge on any atom is 0.423 e. The number of hydrogen-bond acceptors (Lipinski definition) is 4. The van der Waals surface area contributed by atoms with Gasteiger partial charge in [0.05, 0.1) is 19.1 Å². The van der Waals surface area contributed by atoms with E-state index in [0.717, 1.165) is 44.6 Å². The number of allylic oxidation sites excluding steroid dienone is 1. The minimum absolute atomic E-state index is 0.0355. The zero-order valence-corrected chi connectivity index (χ0v) is 15.5. The molecule has 150 valence electrons. The molecule has 0 aliphatic carbocycles. The highest BCUT2D eigenvalue weighted by atomic mass is 32.2. The largest absolute Gasteiger partial charge is 0.496 e. The molecule has 10 heteroatoms. The van der Waals surface area contributed by atoms with Gasteiger partial charge in [-0.2, -0.15) is 13.2 Å². The first-order valence-electron chi connectivity index (χ1n) is 7.59. The molecule has 0 fully saturated rings. The van der Waals surface area contributed by atoms with Gasteiger partial charge in [-0.15, -0.1) is 0 Å². The first-order valence-corrected chi connectivity index (χ1v) is 8.81. The second-order valence-electron chi connectivity index (χ2n) is 5.43. The number of hydrogen-bond donors (Lipinski definition) is 1. The highest BCUT2D eigenvalue weighted by Crippen LogP contribution is 2.43. The summed E-state index contributed by atoms with van der Waals surface area (Å²) in [5.41, 5.74) is -1.05. The smallest absolute Gasteiger partial charge is 0.423 e. The molecule has 0 aliphatic rings. The number of ketones is 1. The fourth-order valence-electron chi connectivity index (χ4n) is 2.42. The molecule has 0 aromatic heterocycles. The summed E-state index contributed by atoms with van der Waals surface area (Å²) < 4.78 is 73.9. The summed E-state index contributed by atoms with van der Waals surface area (Å²) in [5.74, 6) is -2.49. The lowest BCUT2D eigenvalue weighted by Gasteiger charge is -2.16. The molecule has 0 aliphatic heterocycles. The first-order chi connectivity index (χ1) is 13.1. The van der Waals surface area contributed by atoms with Gasteiger partial charge in [0.2, 0.25) is 0 Å². The van der Waals surface area contributed by atoms with Gasteiger partial charge < -0.3 is 9.47 Å². The van der Waals surface area contributed by atoms with Crippen LogP contribution in [0.1, 0.15) is 21.5 Å². The van der Waals surface area contributed by atoms with Crippen molar-refractivity contribution in [1.82, 2.24) is 0 Å². The average molecular weight is 417 g/mol. The van der Waals surface area contributed by atoms with E-state index in [1.807, 2.05) is 0 Å². The lowest BCUT2D eigenvalue weighted by molar-refractivity contribution is -0.139. The van der Waals surface area contributed by atoms with Crippen molar-refractivity contribution in [2.75, 3.05) is 14.2 Å². The van der Waals surface area contributed by atoms with Crippen LogP contribution in [0.2, 0.25) is 0 Å². The van der Waals surface area contributed by atoms with E-state index < -0.39 is 45.8 Å². The third-order valence-electron chi connectivity index (χ3n) is 3.68. The molecule has 0 bridgehead atoms. The molecule has 0 amide bonds. The van der Waals surface area contributed by atoms with Crippen LogP contribution in [0.25, 0.3) is 6.08 Å². The van der Waals surface area contributed by atoms with E-state index in [1.54, 1.807) is 0 Å². The van der Waals surface area contributed by atoms with Gasteiger partial charge >= 0.3 is 6.18 Å². The van der Waals surface area contributed by atoms with E-state index in [4.69, 9.17) is 14.6 Å². The molecule has 0 radical (unpaired) electrons. The van der Waals surface area contributed by atoms with Gasteiger partial charge in [-0.1, -0.05) is 6.07 Å². The predicted octanol–water partition coefficient (Wildman–Crippen LogP) is 3.74. The van der Waals surface area contributed by atoms with Gasteiger partial charge in [-0.25, -0.2) is 13.7 Å². The monoisotopic (exact) mass is 417 g/mol. The quantitative estimate of drug-likeness (QED) is 0.441. The van der Waals surface area contributed by atoms with Crippen molar-refractivity contribution >= 4 is 22.8 Å². The van der Waals surface area contributed by atoms with E-state index in [0.29, 0.717) is 0 Å². The minimum Gasteiger partial charge on any atom is -0.496 e. The van der Waals surface area contributed by atoms with Crippen LogP contribution in [-0.4, -0.2) is 24.2 Å². The molecule has 0 saturated carbocycles. The summed E-state index contributed by atoms with van der Waals surface area (Å²) in [6, 6.07) is 5.19. The zero-order valence-electron chi connectivity index (χ0n) is 14.7. The Labute approximate surface area is 160 Å². The van der Waals surface area contributed by atoms with Gasteiger partial charge in [0, 0.05) is 5.56 Å². The van der Waals surface area contributed by atoms with Crippen LogP contribution in [0, 0.1) is 5.82 Å². The van der Waals surface area contributed by atoms with E-state index in [-0.39, 0.29) is 16.0 Å². The molecule has 2 aromatic rings. The van der Waals surface area contributed by atoms with Crippen molar-refractivity contribution in [1.29, 1.82) is 0 Å². The molecule has 2 N–H and O–H groups in total. The van der Waals surface area contributed by atoms with Crippen LogP contribution in [0.15, 0.2) is 41.3 Å². The number of carbonyl (C=O) groups is 1. The Balaban J connectivity index is 2.46. The van der Waals surface area contributed by atoms with Gasteiger partial charge in [0.1, 0.15) is 33.9 Å². The number of benzene rings is 2. The molecule has 2 rings (SSSR count). The van der Waals surface area contributed by atoms with E-state index >= 15 is 0 Å². The van der Waals surface area contributed by atoms with Crippen molar-refractivity contribution in [2.45, 2.75) is 11.1 Å². The Kier molecular flexibility index (Phi) is 6.57. The summed E-state index contributed by atoms with van der Waals surface area (Å²) in [6.07, 6.45) is -2.48. The zero-order chi connectivity index (χ0) is 21.1.